The van der Waals surface area contributed by atoms with Crippen molar-refractivity contribution in [2.45, 2.75) is 64.0 Å². The van der Waals surface area contributed by atoms with E-state index in [1.165, 1.54) is 45.6 Å². The molecule has 11 rings (SSSR count). The number of esters is 4. The molecule has 0 saturated carbocycles. The molecule has 0 amide bonds. The first-order valence-electron chi connectivity index (χ1n) is 24.5. The highest BCUT2D eigenvalue weighted by molar-refractivity contribution is 5.93. The number of ether oxygens (including phenoxy) is 10. The first kappa shape index (κ1) is 48.9. The highest BCUT2D eigenvalue weighted by Crippen LogP contribution is 2.57. The number of nitrogens with zero attached hydrogens (tertiary/aromatic N) is 3. The maximum absolute atomic E-state index is 14.4. The van der Waals surface area contributed by atoms with Gasteiger partial charge >= 0.3 is 23.9 Å². The third kappa shape index (κ3) is 7.89. The molecule has 1 fully saturated rings. The lowest BCUT2D eigenvalue weighted by Gasteiger charge is -2.38. The largest absolute Gasteiger partial charge is 0.508 e. The van der Waals surface area contributed by atoms with E-state index in [4.69, 9.17) is 52.4 Å². The number of pyridine rings is 2. The Morgan fingerprint density at radius 2 is 1.57 bits per heavy atom. The Kier molecular flexibility index (Phi) is 12.3. The molecule has 0 bridgehead atoms. The number of aryl methyl sites for hydroxylation is 1. The lowest BCUT2D eigenvalue weighted by Crippen LogP contribution is -2.48. The Balaban J connectivity index is 0.832. The molecular weight excluding hydrogens is 971 g/mol. The molecule has 388 valence electrons. The minimum atomic E-state index is -1.98. The third-order valence-corrected chi connectivity index (χ3v) is 15.0. The van der Waals surface area contributed by atoms with Crippen LogP contribution in [0.3, 0.4) is 0 Å². The number of carbonyl (C=O) groups is 4. The molecular formula is C56H53N3O16. The lowest BCUT2D eigenvalue weighted by molar-refractivity contribution is -0.190. The van der Waals surface area contributed by atoms with Crippen LogP contribution in [-0.2, 0) is 65.0 Å². The van der Waals surface area contributed by atoms with Crippen molar-refractivity contribution in [2.24, 2.45) is 11.8 Å². The number of aromatic hydroxyl groups is 1. The van der Waals surface area contributed by atoms with E-state index in [0.29, 0.717) is 75.3 Å². The molecule has 4 aromatic carbocycles. The van der Waals surface area contributed by atoms with Crippen LogP contribution in [-0.4, -0.2) is 98.9 Å². The van der Waals surface area contributed by atoms with Gasteiger partial charge in [-0.25, -0.2) is 19.4 Å². The molecule has 5 aliphatic rings. The minimum absolute atomic E-state index is 0.0142. The number of carbonyl (C=O) groups excluding carboxylic acids is 4. The van der Waals surface area contributed by atoms with E-state index in [9.17, 15) is 29.1 Å². The highest BCUT2D eigenvalue weighted by atomic mass is 16.7. The van der Waals surface area contributed by atoms with E-state index < -0.39 is 65.5 Å². The van der Waals surface area contributed by atoms with Crippen molar-refractivity contribution >= 4 is 34.8 Å². The van der Waals surface area contributed by atoms with Crippen molar-refractivity contribution in [3.8, 4) is 51.6 Å². The van der Waals surface area contributed by atoms with Crippen LogP contribution in [0.15, 0.2) is 71.5 Å². The van der Waals surface area contributed by atoms with Crippen molar-refractivity contribution in [1.82, 2.24) is 14.5 Å². The normalized spacial score (nSPS) is 20.5. The number of rotatable bonds is 14. The molecule has 75 heavy (non-hydrogen) atoms. The molecule has 1 saturated heterocycles. The van der Waals surface area contributed by atoms with Gasteiger partial charge in [-0.2, -0.15) is 0 Å². The number of hydrogen-bond acceptors (Lipinski definition) is 18. The van der Waals surface area contributed by atoms with Gasteiger partial charge in [0, 0.05) is 46.0 Å². The summed E-state index contributed by atoms with van der Waals surface area (Å²) in [6, 6.07) is 18.1. The Hall–Kier alpha value is -8.32. The van der Waals surface area contributed by atoms with Crippen molar-refractivity contribution in [1.29, 1.82) is 0 Å². The first-order valence-corrected chi connectivity index (χ1v) is 24.5. The fourth-order valence-corrected chi connectivity index (χ4v) is 11.5. The second-order valence-electron chi connectivity index (χ2n) is 19.2. The number of methoxy groups -OCH3 is 3. The molecule has 4 aliphatic heterocycles. The molecule has 1 aliphatic carbocycles. The predicted molar refractivity (Wildman–Crippen MR) is 265 cm³/mol. The summed E-state index contributed by atoms with van der Waals surface area (Å²) in [6.07, 6.45) is -0.403. The van der Waals surface area contributed by atoms with Crippen LogP contribution in [0.25, 0.3) is 22.3 Å². The molecule has 2 unspecified atom stereocenters. The summed E-state index contributed by atoms with van der Waals surface area (Å²) >= 11 is 0. The average molecular weight is 1020 g/mol. The number of phenols is 1. The third-order valence-electron chi connectivity index (χ3n) is 15.0. The van der Waals surface area contributed by atoms with Crippen LogP contribution in [0.1, 0.15) is 87.2 Å². The van der Waals surface area contributed by atoms with Gasteiger partial charge in [0.2, 0.25) is 18.1 Å². The number of benzene rings is 4. The smallest absolute Gasteiger partial charge is 0.355 e. The fourth-order valence-electron chi connectivity index (χ4n) is 11.5. The van der Waals surface area contributed by atoms with Gasteiger partial charge in [-0.1, -0.05) is 13.8 Å². The van der Waals surface area contributed by atoms with Gasteiger partial charge in [-0.15, -0.1) is 0 Å². The number of cyclic esters (lactones) is 2. The van der Waals surface area contributed by atoms with Crippen LogP contribution in [0.5, 0.6) is 40.2 Å². The molecule has 2 aromatic heterocycles. The highest BCUT2D eigenvalue weighted by Gasteiger charge is 2.55. The van der Waals surface area contributed by atoms with Crippen molar-refractivity contribution in [3.63, 3.8) is 0 Å². The van der Waals surface area contributed by atoms with Crippen LogP contribution in [0.2, 0.25) is 0 Å². The Morgan fingerprint density at radius 1 is 0.853 bits per heavy atom. The van der Waals surface area contributed by atoms with Gasteiger partial charge in [0.25, 0.3) is 5.56 Å². The molecule has 6 heterocycles. The zero-order valence-corrected chi connectivity index (χ0v) is 42.2. The predicted octanol–water partition coefficient (Wildman–Crippen LogP) is 6.63. The van der Waals surface area contributed by atoms with Crippen molar-refractivity contribution < 1.29 is 71.7 Å². The van der Waals surface area contributed by atoms with E-state index in [1.54, 1.807) is 54.0 Å². The average Bonchev–Trinajstić information content (AvgIpc) is 4.15. The summed E-state index contributed by atoms with van der Waals surface area (Å²) in [5.41, 5.74) is 4.30. The molecule has 0 spiro atoms. The monoisotopic (exact) mass is 1020 g/mol. The maximum atomic E-state index is 14.4. The maximum Gasteiger partial charge on any atom is 0.355 e. The second-order valence-corrected chi connectivity index (χ2v) is 19.2. The Morgan fingerprint density at radius 3 is 2.24 bits per heavy atom. The molecule has 19 nitrogen and oxygen atoms in total. The Bertz CT molecular complexity index is 3420. The minimum Gasteiger partial charge on any atom is -0.508 e. The zero-order valence-electron chi connectivity index (χ0n) is 42.2. The Labute approximate surface area is 429 Å². The van der Waals surface area contributed by atoms with Crippen LogP contribution in [0, 0.1) is 11.8 Å². The lowest BCUT2D eigenvalue weighted by atomic mass is 9.66. The number of hydrogen-bond donors (Lipinski definition) is 1. The first-order chi connectivity index (χ1) is 36.2. The van der Waals surface area contributed by atoms with E-state index in [-0.39, 0.29) is 61.2 Å². The van der Waals surface area contributed by atoms with Crippen LogP contribution >= 0.6 is 0 Å². The summed E-state index contributed by atoms with van der Waals surface area (Å²) in [7, 11) is 8.35. The van der Waals surface area contributed by atoms with Crippen molar-refractivity contribution in [2.75, 3.05) is 55.4 Å². The molecule has 1 N–H and O–H groups in total. The van der Waals surface area contributed by atoms with E-state index >= 15 is 0 Å². The number of aromatic nitrogens is 2. The van der Waals surface area contributed by atoms with Crippen molar-refractivity contribution in [3.05, 3.63) is 127 Å². The second kappa shape index (κ2) is 18.9. The number of phenolic OH excluding ortho intramolecular Hbond substituents is 1. The molecule has 5 atom stereocenters. The fraction of sp³-hybridized carbons (Fsp3) is 0.357. The van der Waals surface area contributed by atoms with Gasteiger partial charge in [0.05, 0.1) is 68.4 Å². The topological polar surface area (TPSA) is 219 Å². The van der Waals surface area contributed by atoms with Gasteiger partial charge in [-0.3, -0.25) is 9.59 Å². The molecule has 19 heteroatoms. The van der Waals surface area contributed by atoms with Crippen LogP contribution < -0.4 is 34.0 Å². The van der Waals surface area contributed by atoms with Crippen LogP contribution in [0.4, 0.5) is 0 Å². The van der Waals surface area contributed by atoms with Gasteiger partial charge in [0.15, 0.2) is 29.6 Å². The van der Waals surface area contributed by atoms with E-state index in [1.807, 2.05) is 25.9 Å². The molecule has 0 radical (unpaired) electrons. The zero-order chi connectivity index (χ0) is 52.6. The summed E-state index contributed by atoms with van der Waals surface area (Å²) in [5.74, 6) is -2.46. The van der Waals surface area contributed by atoms with Gasteiger partial charge in [0.1, 0.15) is 24.2 Å². The summed E-state index contributed by atoms with van der Waals surface area (Å²) in [4.78, 5) is 76.7. The summed E-state index contributed by atoms with van der Waals surface area (Å²) in [5, 5.41) is 11.8. The number of fused-ring (bicyclic) bond motifs is 8. The standard InChI is InChI=1S/C56H53N3O16/c1-8-30-33-22-59-39(49(33)57-38-14-15-40(60)34(47(30)38)21-58(3)4)20-37-35(52(59)62)23-71-55(65)56(37,9-2)75-45(61)25-69-29-12-10-27(11-13-29)53(63)74-50-32-19-42-41(72-26-73-42)18-31(32)46(48-36(50)24-70-54(48)64)28-16-43(66-5)51(68-7)44(17-28)67-6/h10-20,36,46,48,50,60H,8-9,21-26H2,1-7H3/t36-,46+,48+,50?,56?/m1/s1. The quantitative estimate of drug-likeness (QED) is 0.0893. The summed E-state index contributed by atoms with van der Waals surface area (Å²) < 4.78 is 59.4. The summed E-state index contributed by atoms with van der Waals surface area (Å²) in [6.45, 7) is 3.38. The van der Waals surface area contributed by atoms with E-state index in [2.05, 4.69) is 0 Å². The van der Waals surface area contributed by atoms with E-state index in [0.717, 1.165) is 22.1 Å². The molecule has 6 aromatic rings. The van der Waals surface area contributed by atoms with Gasteiger partial charge < -0.3 is 61.9 Å². The van der Waals surface area contributed by atoms with Gasteiger partial charge in [-0.05, 0) is 110 Å². The SMILES string of the molecule is CCc1c2c(nc3ccc(O)c(CN(C)C)c13)-c1cc3c(c(=O)n1C2)COC(=O)C3(CC)OC(=O)COc1ccc(C(=O)OC2c3cc4c(cc3[C@H](c3cc(OC)c(OC)c(OC)c3)[C@H]3C(=O)OC[C@@H]23)OCO4)cc1.